The van der Waals surface area contributed by atoms with E-state index in [1.165, 1.54) is 53.1 Å². The number of benzene rings is 1. The Morgan fingerprint density at radius 2 is 2.06 bits per heavy atom. The Labute approximate surface area is 195 Å². The lowest BCUT2D eigenvalue weighted by molar-refractivity contribution is 0.102. The molecule has 3 heterocycles. The van der Waals surface area contributed by atoms with Crippen LogP contribution in [-0.2, 0) is 0 Å². The summed E-state index contributed by atoms with van der Waals surface area (Å²) in [6.45, 7) is 6.55. The first-order valence-corrected chi connectivity index (χ1v) is 12.8. The van der Waals surface area contributed by atoms with Crippen LogP contribution in [0, 0.1) is 6.92 Å². The zero-order valence-corrected chi connectivity index (χ0v) is 20.1. The first kappa shape index (κ1) is 21.1. The van der Waals surface area contributed by atoms with Crippen LogP contribution in [0.25, 0.3) is 17.1 Å². The summed E-state index contributed by atoms with van der Waals surface area (Å²) >= 11 is 3.02. The number of aromatic nitrogens is 3. The monoisotopic (exact) mass is 462 g/mol. The Balaban J connectivity index is 1.46. The Kier molecular flexibility index (Phi) is 5.69. The fraction of sp³-hybridized carbons (Fsp3) is 0.320. The van der Waals surface area contributed by atoms with Crippen LogP contribution in [0.5, 0.6) is 0 Å². The Bertz CT molecular complexity index is 1310. The Morgan fingerprint density at radius 1 is 1.22 bits per heavy atom. The molecule has 1 N–H and O–H groups in total. The molecular formula is C25H26N4OS2. The van der Waals surface area contributed by atoms with Crippen LogP contribution < -0.4 is 5.32 Å². The van der Waals surface area contributed by atoms with Crippen molar-refractivity contribution in [2.75, 3.05) is 5.32 Å². The minimum atomic E-state index is -0.182. The largest absolute Gasteiger partial charge is 0.296 e. The average Bonchev–Trinajstić information content (AvgIpc) is 3.41. The second-order valence-corrected chi connectivity index (χ2v) is 10.4. The lowest BCUT2D eigenvalue weighted by Gasteiger charge is -2.22. The second-order valence-electron chi connectivity index (χ2n) is 8.63. The molecule has 0 radical (unpaired) electrons. The molecule has 1 amide bonds. The van der Waals surface area contributed by atoms with Crippen molar-refractivity contribution in [1.82, 2.24) is 14.4 Å². The van der Waals surface area contributed by atoms with Crippen molar-refractivity contribution >= 4 is 50.8 Å². The molecule has 0 saturated heterocycles. The number of carbonyl (C=O) groups excluding carboxylic acids is 1. The van der Waals surface area contributed by atoms with Gasteiger partial charge in [-0.3, -0.25) is 14.5 Å². The number of carbonyl (C=O) groups is 1. The number of anilines is 1. The lowest BCUT2D eigenvalue weighted by Crippen LogP contribution is -2.15. The van der Waals surface area contributed by atoms with E-state index in [1.54, 1.807) is 0 Å². The summed E-state index contributed by atoms with van der Waals surface area (Å²) in [5.74, 6) is 0.788. The SMILES string of the molecule is Cc1cccc(C=Cc2nc3sccn3c2C(=O)Nc2nc(C3CCC3)cs2)c1C(C)C. The molecule has 3 aromatic heterocycles. The number of nitrogens with zero attached hydrogens (tertiary/aromatic N) is 3. The highest BCUT2D eigenvalue weighted by Gasteiger charge is 2.24. The lowest BCUT2D eigenvalue weighted by atomic mass is 9.83. The van der Waals surface area contributed by atoms with Crippen molar-refractivity contribution in [3.63, 3.8) is 0 Å². The molecule has 0 spiro atoms. The van der Waals surface area contributed by atoms with Crippen molar-refractivity contribution in [1.29, 1.82) is 0 Å². The summed E-state index contributed by atoms with van der Waals surface area (Å²) in [4.78, 5) is 23.5. The molecule has 0 unspecified atom stereocenters. The molecule has 1 saturated carbocycles. The average molecular weight is 463 g/mol. The molecule has 1 aliphatic carbocycles. The van der Waals surface area contributed by atoms with E-state index >= 15 is 0 Å². The topological polar surface area (TPSA) is 59.3 Å². The van der Waals surface area contributed by atoms with Crippen molar-refractivity contribution in [3.8, 4) is 0 Å². The summed E-state index contributed by atoms with van der Waals surface area (Å²) in [5.41, 5.74) is 6.07. The highest BCUT2D eigenvalue weighted by molar-refractivity contribution is 7.15. The quantitative estimate of drug-likeness (QED) is 0.336. The number of imidazole rings is 1. The molecule has 32 heavy (non-hydrogen) atoms. The van der Waals surface area contributed by atoms with Gasteiger partial charge in [-0.05, 0) is 48.4 Å². The summed E-state index contributed by atoms with van der Waals surface area (Å²) in [7, 11) is 0. The van der Waals surface area contributed by atoms with Crippen molar-refractivity contribution < 1.29 is 4.79 Å². The van der Waals surface area contributed by atoms with E-state index in [9.17, 15) is 4.79 Å². The maximum atomic E-state index is 13.3. The number of thiazole rings is 2. The minimum absolute atomic E-state index is 0.182. The van der Waals surface area contributed by atoms with Crippen LogP contribution >= 0.6 is 22.7 Å². The van der Waals surface area contributed by atoms with Gasteiger partial charge in [0.15, 0.2) is 10.1 Å². The van der Waals surface area contributed by atoms with Crippen molar-refractivity contribution in [2.45, 2.75) is 51.9 Å². The van der Waals surface area contributed by atoms with Crippen LogP contribution in [0.15, 0.2) is 35.2 Å². The van der Waals surface area contributed by atoms with Gasteiger partial charge in [-0.2, -0.15) is 0 Å². The predicted octanol–water partition coefficient (Wildman–Crippen LogP) is 6.97. The molecule has 1 aliphatic rings. The van der Waals surface area contributed by atoms with Gasteiger partial charge >= 0.3 is 0 Å². The van der Waals surface area contributed by atoms with Crippen LogP contribution in [0.1, 0.15) is 83.5 Å². The number of aryl methyl sites for hydroxylation is 1. The predicted molar refractivity (Wildman–Crippen MR) is 134 cm³/mol. The van der Waals surface area contributed by atoms with Gasteiger partial charge in [0.25, 0.3) is 5.91 Å². The molecule has 1 fully saturated rings. The Morgan fingerprint density at radius 3 is 2.81 bits per heavy atom. The van der Waals surface area contributed by atoms with Gasteiger partial charge in [0.2, 0.25) is 0 Å². The Hall–Kier alpha value is -2.77. The third kappa shape index (κ3) is 3.91. The van der Waals surface area contributed by atoms with E-state index in [0.717, 1.165) is 16.2 Å². The fourth-order valence-corrected chi connectivity index (χ4v) is 5.85. The van der Waals surface area contributed by atoms with E-state index in [0.29, 0.717) is 28.4 Å². The van der Waals surface area contributed by atoms with Crippen LogP contribution in [0.4, 0.5) is 5.13 Å². The van der Waals surface area contributed by atoms with E-state index in [2.05, 4.69) is 60.7 Å². The zero-order valence-electron chi connectivity index (χ0n) is 18.5. The van der Waals surface area contributed by atoms with E-state index in [1.807, 2.05) is 22.1 Å². The molecule has 0 aliphatic heterocycles. The normalized spacial score (nSPS) is 14.5. The zero-order chi connectivity index (χ0) is 22.2. The molecule has 0 bridgehead atoms. The minimum Gasteiger partial charge on any atom is -0.296 e. The van der Waals surface area contributed by atoms with Crippen LogP contribution in [0.3, 0.4) is 0 Å². The number of nitrogens with one attached hydrogen (secondary N) is 1. The van der Waals surface area contributed by atoms with Gasteiger partial charge in [-0.25, -0.2) is 9.97 Å². The van der Waals surface area contributed by atoms with Gasteiger partial charge in [-0.1, -0.05) is 44.5 Å². The third-order valence-corrected chi connectivity index (χ3v) is 7.66. The summed E-state index contributed by atoms with van der Waals surface area (Å²) in [5, 5.41) is 7.67. The number of rotatable bonds is 6. The number of amides is 1. The molecule has 0 atom stereocenters. The van der Waals surface area contributed by atoms with E-state index in [4.69, 9.17) is 4.98 Å². The van der Waals surface area contributed by atoms with E-state index < -0.39 is 0 Å². The number of fused-ring (bicyclic) bond motifs is 1. The summed E-state index contributed by atoms with van der Waals surface area (Å²) < 4.78 is 1.86. The fourth-order valence-electron chi connectivity index (χ4n) is 4.34. The molecule has 5 rings (SSSR count). The second kappa shape index (κ2) is 8.64. The summed E-state index contributed by atoms with van der Waals surface area (Å²) in [6, 6.07) is 6.33. The molecule has 7 heteroatoms. The van der Waals surface area contributed by atoms with Crippen LogP contribution in [-0.4, -0.2) is 20.3 Å². The van der Waals surface area contributed by atoms with Crippen molar-refractivity contribution in [3.05, 3.63) is 68.9 Å². The van der Waals surface area contributed by atoms with Crippen molar-refractivity contribution in [2.24, 2.45) is 0 Å². The maximum absolute atomic E-state index is 13.3. The molecular weight excluding hydrogens is 436 g/mol. The maximum Gasteiger partial charge on any atom is 0.276 e. The molecule has 1 aromatic carbocycles. The molecule has 4 aromatic rings. The first-order valence-electron chi connectivity index (χ1n) is 11.0. The standard InChI is InChI=1S/C25H26N4OS2/c1-15(2)21-16(3)6-4-9-18(21)10-11-19-22(29-12-13-31-25(29)27-19)23(30)28-24-26-20(14-32-24)17-7-5-8-17/h4,6,9-15,17H,5,7-8H2,1-3H3,(H,26,28,30). The van der Waals surface area contributed by atoms with Gasteiger partial charge in [0.05, 0.1) is 11.4 Å². The number of hydrogen-bond acceptors (Lipinski definition) is 5. The van der Waals surface area contributed by atoms with Gasteiger partial charge in [0, 0.05) is 22.9 Å². The van der Waals surface area contributed by atoms with Gasteiger partial charge < -0.3 is 0 Å². The first-order chi connectivity index (χ1) is 15.5. The summed E-state index contributed by atoms with van der Waals surface area (Å²) in [6.07, 6.45) is 9.59. The third-order valence-electron chi connectivity index (χ3n) is 6.13. The highest BCUT2D eigenvalue weighted by atomic mass is 32.1. The van der Waals surface area contributed by atoms with Crippen LogP contribution in [0.2, 0.25) is 0 Å². The molecule has 5 nitrogen and oxygen atoms in total. The van der Waals surface area contributed by atoms with E-state index in [-0.39, 0.29) is 5.91 Å². The highest BCUT2D eigenvalue weighted by Crippen LogP contribution is 2.37. The van der Waals surface area contributed by atoms with Gasteiger partial charge in [-0.15, -0.1) is 22.7 Å². The smallest absolute Gasteiger partial charge is 0.276 e. The molecule has 164 valence electrons. The van der Waals surface area contributed by atoms with Gasteiger partial charge in [0.1, 0.15) is 5.69 Å². The number of hydrogen-bond donors (Lipinski definition) is 1.